The predicted octanol–water partition coefficient (Wildman–Crippen LogP) is 4.91. The zero-order valence-electron chi connectivity index (χ0n) is 19.9. The fraction of sp³-hybridized carbons (Fsp3) is 0.333. The van der Waals surface area contributed by atoms with Gasteiger partial charge >= 0.3 is 0 Å². The van der Waals surface area contributed by atoms with Gasteiger partial charge < -0.3 is 5.32 Å². The SMILES string of the molecule is Cc1ncccc1-c1ccc(S(=O)(=O)N[C@H]2CC[C@H](C(=O)N[C@H](C)c3ccc(F)cc3)CC2)cc1. The van der Waals surface area contributed by atoms with Crippen molar-refractivity contribution >= 4 is 15.9 Å². The molecule has 184 valence electrons. The molecule has 1 atom stereocenters. The lowest BCUT2D eigenvalue weighted by Gasteiger charge is -2.29. The van der Waals surface area contributed by atoms with Gasteiger partial charge in [-0.1, -0.05) is 30.3 Å². The number of carbonyl (C=O) groups is 1. The number of carbonyl (C=O) groups excluding carboxylic acids is 1. The molecule has 0 spiro atoms. The highest BCUT2D eigenvalue weighted by molar-refractivity contribution is 7.89. The van der Waals surface area contributed by atoms with E-state index >= 15 is 0 Å². The number of halogens is 1. The predicted molar refractivity (Wildman–Crippen MR) is 133 cm³/mol. The number of rotatable bonds is 7. The summed E-state index contributed by atoms with van der Waals surface area (Å²) in [5, 5.41) is 2.99. The minimum atomic E-state index is -3.66. The van der Waals surface area contributed by atoms with Crippen molar-refractivity contribution in [2.24, 2.45) is 5.92 Å². The maximum atomic E-state index is 13.1. The number of amides is 1. The third kappa shape index (κ3) is 6.13. The molecule has 1 heterocycles. The van der Waals surface area contributed by atoms with Crippen LogP contribution in [-0.2, 0) is 14.8 Å². The smallest absolute Gasteiger partial charge is 0.240 e. The van der Waals surface area contributed by atoms with Crippen LogP contribution in [-0.4, -0.2) is 25.4 Å². The Hall–Kier alpha value is -3.10. The van der Waals surface area contributed by atoms with Crippen LogP contribution in [0.4, 0.5) is 4.39 Å². The Labute approximate surface area is 206 Å². The highest BCUT2D eigenvalue weighted by atomic mass is 32.2. The molecule has 1 aliphatic carbocycles. The van der Waals surface area contributed by atoms with E-state index in [1.165, 1.54) is 12.1 Å². The molecule has 0 saturated heterocycles. The first kappa shape index (κ1) is 25.0. The second-order valence-electron chi connectivity index (χ2n) is 9.11. The summed E-state index contributed by atoms with van der Waals surface area (Å²) in [7, 11) is -3.66. The van der Waals surface area contributed by atoms with E-state index in [1.54, 1.807) is 42.6 Å². The Bertz CT molecular complexity index is 1270. The lowest BCUT2D eigenvalue weighted by Crippen LogP contribution is -2.41. The number of hydrogen-bond acceptors (Lipinski definition) is 4. The molecule has 1 fully saturated rings. The van der Waals surface area contributed by atoms with Crippen molar-refractivity contribution in [3.05, 3.63) is 83.9 Å². The average Bonchev–Trinajstić information content (AvgIpc) is 2.85. The highest BCUT2D eigenvalue weighted by Crippen LogP contribution is 2.28. The summed E-state index contributed by atoms with van der Waals surface area (Å²) in [4.78, 5) is 17.2. The van der Waals surface area contributed by atoms with E-state index in [9.17, 15) is 17.6 Å². The van der Waals surface area contributed by atoms with Crippen molar-refractivity contribution in [3.8, 4) is 11.1 Å². The lowest BCUT2D eigenvalue weighted by atomic mass is 9.85. The van der Waals surface area contributed by atoms with Gasteiger partial charge in [-0.25, -0.2) is 17.5 Å². The molecule has 0 bridgehead atoms. The van der Waals surface area contributed by atoms with Crippen molar-refractivity contribution in [2.75, 3.05) is 0 Å². The van der Waals surface area contributed by atoms with Gasteiger partial charge in [-0.15, -0.1) is 0 Å². The largest absolute Gasteiger partial charge is 0.349 e. The van der Waals surface area contributed by atoms with Crippen LogP contribution < -0.4 is 10.0 Å². The van der Waals surface area contributed by atoms with Crippen LogP contribution in [0.3, 0.4) is 0 Å². The summed E-state index contributed by atoms with van der Waals surface area (Å²) in [5.41, 5.74) is 3.60. The monoisotopic (exact) mass is 495 g/mol. The van der Waals surface area contributed by atoms with Gasteiger partial charge in [0.1, 0.15) is 5.82 Å². The highest BCUT2D eigenvalue weighted by Gasteiger charge is 2.29. The molecule has 1 saturated carbocycles. The number of nitrogens with one attached hydrogen (secondary N) is 2. The van der Waals surface area contributed by atoms with E-state index in [0.717, 1.165) is 22.4 Å². The fourth-order valence-corrected chi connectivity index (χ4v) is 5.83. The van der Waals surface area contributed by atoms with E-state index in [2.05, 4.69) is 15.0 Å². The first-order valence-corrected chi connectivity index (χ1v) is 13.3. The molecule has 2 N–H and O–H groups in total. The number of aryl methyl sites for hydroxylation is 1. The Morgan fingerprint density at radius 2 is 1.66 bits per heavy atom. The fourth-order valence-electron chi connectivity index (χ4n) is 4.53. The molecule has 1 aromatic heterocycles. The second-order valence-corrected chi connectivity index (χ2v) is 10.8. The summed E-state index contributed by atoms with van der Waals surface area (Å²) >= 11 is 0. The van der Waals surface area contributed by atoms with Crippen LogP contribution in [0.25, 0.3) is 11.1 Å². The molecule has 35 heavy (non-hydrogen) atoms. The lowest BCUT2D eigenvalue weighted by molar-refractivity contribution is -0.126. The van der Waals surface area contributed by atoms with Gasteiger partial charge in [0.05, 0.1) is 10.9 Å². The molecule has 8 heteroatoms. The van der Waals surface area contributed by atoms with Gasteiger partial charge in [0.2, 0.25) is 15.9 Å². The van der Waals surface area contributed by atoms with Crippen LogP contribution in [0, 0.1) is 18.7 Å². The quantitative estimate of drug-likeness (QED) is 0.488. The number of benzene rings is 2. The second kappa shape index (κ2) is 10.7. The van der Waals surface area contributed by atoms with Crippen molar-refractivity contribution in [2.45, 2.75) is 56.5 Å². The molecule has 2 aromatic carbocycles. The van der Waals surface area contributed by atoms with Crippen molar-refractivity contribution in [1.29, 1.82) is 0 Å². The van der Waals surface area contributed by atoms with E-state index in [0.29, 0.717) is 25.7 Å². The molecule has 1 amide bonds. The van der Waals surface area contributed by atoms with Crippen LogP contribution in [0.1, 0.15) is 49.9 Å². The van der Waals surface area contributed by atoms with E-state index < -0.39 is 10.0 Å². The first-order chi connectivity index (χ1) is 16.7. The van der Waals surface area contributed by atoms with Gasteiger partial charge in [0.25, 0.3) is 0 Å². The van der Waals surface area contributed by atoms with Crippen molar-refractivity contribution < 1.29 is 17.6 Å². The Morgan fingerprint density at radius 1 is 1.00 bits per heavy atom. The van der Waals surface area contributed by atoms with E-state index in [4.69, 9.17) is 0 Å². The number of hydrogen-bond donors (Lipinski definition) is 2. The van der Waals surface area contributed by atoms with Gasteiger partial charge in [0, 0.05) is 29.4 Å². The molecule has 6 nitrogen and oxygen atoms in total. The molecule has 4 rings (SSSR count). The third-order valence-corrected chi connectivity index (χ3v) is 8.17. The average molecular weight is 496 g/mol. The summed E-state index contributed by atoms with van der Waals surface area (Å²) < 4.78 is 41.8. The minimum Gasteiger partial charge on any atom is -0.349 e. The Morgan fingerprint density at radius 3 is 2.29 bits per heavy atom. The van der Waals surface area contributed by atoms with Crippen molar-refractivity contribution in [1.82, 2.24) is 15.0 Å². The number of sulfonamides is 1. The molecule has 1 aliphatic rings. The maximum Gasteiger partial charge on any atom is 0.240 e. The van der Waals surface area contributed by atoms with Crippen molar-refractivity contribution in [3.63, 3.8) is 0 Å². The zero-order chi connectivity index (χ0) is 25.0. The van der Waals surface area contributed by atoms with Gasteiger partial charge in [-0.05, 0) is 81.0 Å². The van der Waals surface area contributed by atoms with Crippen LogP contribution in [0.5, 0.6) is 0 Å². The molecule has 0 radical (unpaired) electrons. The third-order valence-electron chi connectivity index (χ3n) is 6.63. The van der Waals surface area contributed by atoms with Gasteiger partial charge in [0.15, 0.2) is 0 Å². The number of nitrogens with zero attached hydrogens (tertiary/aromatic N) is 1. The number of aromatic nitrogens is 1. The molecule has 0 unspecified atom stereocenters. The Kier molecular flexibility index (Phi) is 7.62. The molecule has 0 aliphatic heterocycles. The normalized spacial score (nSPS) is 19.2. The van der Waals surface area contributed by atoms with E-state index in [-0.39, 0.29) is 34.6 Å². The zero-order valence-corrected chi connectivity index (χ0v) is 20.7. The van der Waals surface area contributed by atoms with E-state index in [1.807, 2.05) is 26.0 Å². The van der Waals surface area contributed by atoms with Crippen LogP contribution in [0.2, 0.25) is 0 Å². The minimum absolute atomic E-state index is 0.0515. The standard InChI is InChI=1S/C27H30FN3O3S/c1-18(20-5-11-23(28)12-6-20)30-27(32)22-7-13-24(14-8-22)31-35(33,34)25-15-9-21(10-16-25)26-4-3-17-29-19(26)2/h3-6,9-12,15-18,22,24,31H,7-8,13-14H2,1-2H3,(H,30,32)/t18-,22-,24-/m1/s1. The van der Waals surface area contributed by atoms with Crippen LogP contribution >= 0.6 is 0 Å². The maximum absolute atomic E-state index is 13.1. The summed E-state index contributed by atoms with van der Waals surface area (Å²) in [6.45, 7) is 3.79. The Balaban J connectivity index is 1.31. The molecule has 3 aromatic rings. The number of pyridine rings is 1. The summed E-state index contributed by atoms with van der Waals surface area (Å²) in [6, 6.07) is 16.3. The topological polar surface area (TPSA) is 88.2 Å². The van der Waals surface area contributed by atoms with Crippen LogP contribution in [0.15, 0.2) is 71.8 Å². The summed E-state index contributed by atoms with van der Waals surface area (Å²) in [6.07, 6.45) is 4.12. The van der Waals surface area contributed by atoms with Gasteiger partial charge in [-0.2, -0.15) is 0 Å². The first-order valence-electron chi connectivity index (χ1n) is 11.8. The molecular formula is C27H30FN3O3S. The van der Waals surface area contributed by atoms with Gasteiger partial charge in [-0.3, -0.25) is 9.78 Å². The molecular weight excluding hydrogens is 465 g/mol. The summed E-state index contributed by atoms with van der Waals surface area (Å²) in [5.74, 6) is -0.530.